The zero-order chi connectivity index (χ0) is 16.5. The molecule has 0 aliphatic carbocycles. The van der Waals surface area contributed by atoms with Crippen molar-refractivity contribution in [3.05, 3.63) is 24.3 Å². The molecule has 0 unspecified atom stereocenters. The number of piperidine rings is 1. The average molecular weight is 357 g/mol. The van der Waals surface area contributed by atoms with Crippen LogP contribution in [-0.2, 0) is 4.79 Å². The van der Waals surface area contributed by atoms with Gasteiger partial charge in [0, 0.05) is 12.6 Å². The Balaban J connectivity index is 0.00000288. The molecule has 2 rings (SSSR count). The third-order valence-corrected chi connectivity index (χ3v) is 4.03. The normalized spacial score (nSPS) is 14.6. The van der Waals surface area contributed by atoms with Crippen molar-refractivity contribution in [2.75, 3.05) is 32.8 Å². The average Bonchev–Trinajstić information content (AvgIpc) is 2.59. The topological polar surface area (TPSA) is 50.8 Å². The molecule has 0 radical (unpaired) electrons. The maximum atomic E-state index is 12.6. The summed E-state index contributed by atoms with van der Waals surface area (Å²) in [4.78, 5) is 14.6. The minimum absolute atomic E-state index is 0. The lowest BCUT2D eigenvalue weighted by atomic mass is 10.0. The molecule has 1 saturated heterocycles. The van der Waals surface area contributed by atoms with Crippen LogP contribution in [0, 0.1) is 0 Å². The van der Waals surface area contributed by atoms with Gasteiger partial charge < -0.3 is 19.7 Å². The summed E-state index contributed by atoms with van der Waals surface area (Å²) in [5, 5.41) is 3.34. The molecular formula is C18H29ClN2O3. The van der Waals surface area contributed by atoms with Gasteiger partial charge >= 0.3 is 0 Å². The number of nitrogens with one attached hydrogen (secondary N) is 1. The van der Waals surface area contributed by atoms with Gasteiger partial charge in [-0.25, -0.2) is 0 Å². The first-order valence-corrected chi connectivity index (χ1v) is 8.61. The molecular weight excluding hydrogens is 328 g/mol. The van der Waals surface area contributed by atoms with E-state index in [4.69, 9.17) is 9.47 Å². The molecule has 0 bridgehead atoms. The van der Waals surface area contributed by atoms with Crippen LogP contribution in [0.1, 0.15) is 33.1 Å². The quantitative estimate of drug-likeness (QED) is 0.778. The van der Waals surface area contributed by atoms with Gasteiger partial charge in [-0.3, -0.25) is 4.79 Å². The molecule has 5 nitrogen and oxygen atoms in total. The summed E-state index contributed by atoms with van der Waals surface area (Å²) in [6.45, 7) is 7.42. The number of nitrogens with zero attached hydrogens (tertiary/aromatic N) is 1. The molecule has 1 amide bonds. The van der Waals surface area contributed by atoms with Gasteiger partial charge in [0.05, 0.1) is 6.61 Å². The third-order valence-electron chi connectivity index (χ3n) is 4.03. The first-order valence-electron chi connectivity index (χ1n) is 8.61. The molecule has 6 heteroatoms. The Morgan fingerprint density at radius 1 is 1.17 bits per heavy atom. The summed E-state index contributed by atoms with van der Waals surface area (Å²) in [6, 6.07) is 7.82. The van der Waals surface area contributed by atoms with Crippen LogP contribution in [0.2, 0.25) is 0 Å². The second kappa shape index (κ2) is 11.2. The molecule has 1 N–H and O–H groups in total. The summed E-state index contributed by atoms with van der Waals surface area (Å²) in [7, 11) is 0. The maximum absolute atomic E-state index is 12.6. The van der Waals surface area contributed by atoms with Gasteiger partial charge in [-0.15, -0.1) is 12.4 Å². The van der Waals surface area contributed by atoms with Crippen LogP contribution >= 0.6 is 12.4 Å². The lowest BCUT2D eigenvalue weighted by molar-refractivity contribution is -0.136. The summed E-state index contributed by atoms with van der Waals surface area (Å²) in [6.07, 6.45) is 2.99. The minimum atomic E-state index is 0. The second-order valence-corrected chi connectivity index (χ2v) is 5.74. The number of hydrogen-bond acceptors (Lipinski definition) is 4. The van der Waals surface area contributed by atoms with Crippen LogP contribution in [-0.4, -0.2) is 49.7 Å². The van der Waals surface area contributed by atoms with Crippen molar-refractivity contribution < 1.29 is 14.3 Å². The van der Waals surface area contributed by atoms with Crippen LogP contribution in [0.3, 0.4) is 0 Å². The molecule has 0 spiro atoms. The van der Waals surface area contributed by atoms with Gasteiger partial charge in [-0.2, -0.15) is 0 Å². The number of ether oxygens (including phenoxy) is 2. The molecule has 24 heavy (non-hydrogen) atoms. The Morgan fingerprint density at radius 3 is 2.38 bits per heavy atom. The smallest absolute Gasteiger partial charge is 0.260 e. The van der Waals surface area contributed by atoms with E-state index in [2.05, 4.69) is 12.2 Å². The number of rotatable bonds is 8. The number of benzene rings is 1. The van der Waals surface area contributed by atoms with E-state index in [0.29, 0.717) is 24.1 Å². The molecule has 1 aliphatic heterocycles. The highest BCUT2D eigenvalue weighted by Crippen LogP contribution is 2.26. The van der Waals surface area contributed by atoms with Crippen molar-refractivity contribution in [3.63, 3.8) is 0 Å². The third kappa shape index (κ3) is 5.87. The Morgan fingerprint density at radius 2 is 1.79 bits per heavy atom. The van der Waals surface area contributed by atoms with Crippen molar-refractivity contribution in [3.8, 4) is 11.5 Å². The van der Waals surface area contributed by atoms with Crippen LogP contribution < -0.4 is 14.8 Å². The van der Waals surface area contributed by atoms with E-state index in [0.717, 1.165) is 38.9 Å². The van der Waals surface area contributed by atoms with Gasteiger partial charge in [0.2, 0.25) is 0 Å². The van der Waals surface area contributed by atoms with Crippen molar-refractivity contribution in [1.29, 1.82) is 0 Å². The first kappa shape index (κ1) is 20.6. The summed E-state index contributed by atoms with van der Waals surface area (Å²) >= 11 is 0. The molecule has 0 saturated carbocycles. The van der Waals surface area contributed by atoms with Crippen molar-refractivity contribution in [1.82, 2.24) is 10.2 Å². The monoisotopic (exact) mass is 356 g/mol. The van der Waals surface area contributed by atoms with Crippen LogP contribution in [0.25, 0.3) is 0 Å². The summed E-state index contributed by atoms with van der Waals surface area (Å²) in [5.41, 5.74) is 0. The van der Waals surface area contributed by atoms with E-state index in [-0.39, 0.29) is 24.9 Å². The van der Waals surface area contributed by atoms with E-state index in [1.165, 1.54) is 0 Å². The van der Waals surface area contributed by atoms with Crippen LogP contribution in [0.15, 0.2) is 24.3 Å². The molecule has 1 aromatic rings. The number of amides is 1. The zero-order valence-corrected chi connectivity index (χ0v) is 15.4. The first-order chi connectivity index (χ1) is 11.3. The standard InChI is InChI=1S/C18H28N2O3.ClH/c1-3-13-20(15-9-11-19-12-10-15)18(21)14-23-17-8-6-5-7-16(17)22-4-2;/h5-8,15,19H,3-4,9-14H2,1-2H3;1H. The van der Waals surface area contributed by atoms with E-state index >= 15 is 0 Å². The number of para-hydroxylation sites is 2. The molecule has 1 aliphatic rings. The van der Waals surface area contributed by atoms with Crippen molar-refractivity contribution in [2.24, 2.45) is 0 Å². The number of hydrogen-bond donors (Lipinski definition) is 1. The molecule has 1 heterocycles. The van der Waals surface area contributed by atoms with Gasteiger partial charge in [-0.05, 0) is 51.4 Å². The number of carbonyl (C=O) groups excluding carboxylic acids is 1. The fourth-order valence-corrected chi connectivity index (χ4v) is 2.94. The second-order valence-electron chi connectivity index (χ2n) is 5.74. The van der Waals surface area contributed by atoms with Crippen molar-refractivity contribution in [2.45, 2.75) is 39.2 Å². The molecule has 0 aromatic heterocycles. The van der Waals surface area contributed by atoms with E-state index in [9.17, 15) is 4.79 Å². The predicted octanol–water partition coefficient (Wildman–Crippen LogP) is 2.88. The summed E-state index contributed by atoms with van der Waals surface area (Å²) < 4.78 is 11.3. The van der Waals surface area contributed by atoms with E-state index < -0.39 is 0 Å². The molecule has 1 aromatic carbocycles. The van der Waals surface area contributed by atoms with Gasteiger partial charge in [0.1, 0.15) is 0 Å². The Labute approximate surface area is 151 Å². The fourth-order valence-electron chi connectivity index (χ4n) is 2.94. The minimum Gasteiger partial charge on any atom is -0.490 e. The highest BCUT2D eigenvalue weighted by molar-refractivity contribution is 5.85. The van der Waals surface area contributed by atoms with Gasteiger partial charge in [0.15, 0.2) is 18.1 Å². The Kier molecular flexibility index (Phi) is 9.57. The van der Waals surface area contributed by atoms with E-state index in [1.54, 1.807) is 0 Å². The number of halogens is 1. The molecule has 136 valence electrons. The fraction of sp³-hybridized carbons (Fsp3) is 0.611. The number of carbonyl (C=O) groups is 1. The Hall–Kier alpha value is -1.46. The molecule has 0 atom stereocenters. The SMILES string of the molecule is CCCN(C(=O)COc1ccccc1OCC)C1CCNCC1.Cl. The van der Waals surface area contributed by atoms with Crippen LogP contribution in [0.4, 0.5) is 0 Å². The highest BCUT2D eigenvalue weighted by Gasteiger charge is 2.25. The Bertz CT molecular complexity index is 493. The lowest BCUT2D eigenvalue weighted by Crippen LogP contribution is -2.48. The highest BCUT2D eigenvalue weighted by atomic mass is 35.5. The van der Waals surface area contributed by atoms with E-state index in [1.807, 2.05) is 36.1 Å². The maximum Gasteiger partial charge on any atom is 0.260 e. The van der Waals surface area contributed by atoms with Gasteiger partial charge in [0.25, 0.3) is 5.91 Å². The van der Waals surface area contributed by atoms with Crippen LogP contribution in [0.5, 0.6) is 11.5 Å². The lowest BCUT2D eigenvalue weighted by Gasteiger charge is -2.34. The van der Waals surface area contributed by atoms with Gasteiger partial charge in [-0.1, -0.05) is 19.1 Å². The zero-order valence-electron chi connectivity index (χ0n) is 14.6. The largest absolute Gasteiger partial charge is 0.490 e. The molecule has 1 fully saturated rings. The van der Waals surface area contributed by atoms with Crippen molar-refractivity contribution >= 4 is 18.3 Å². The summed E-state index contributed by atoms with van der Waals surface area (Å²) in [5.74, 6) is 1.38. The predicted molar refractivity (Wildman–Crippen MR) is 98.2 cm³/mol.